The number of pyridine rings is 1. The van der Waals surface area contributed by atoms with E-state index >= 15 is 0 Å². The number of phenolic OH excluding ortho intramolecular Hbond substituents is 1. The smallest absolute Gasteiger partial charge is 0.115 e. The monoisotopic (exact) mass is 307 g/mol. The van der Waals surface area contributed by atoms with Crippen LogP contribution in [0.15, 0.2) is 58.6 Å². The highest BCUT2D eigenvalue weighted by Crippen LogP contribution is 2.20. The topological polar surface area (TPSA) is 42.4 Å². The molecule has 0 saturated heterocycles. The van der Waals surface area contributed by atoms with E-state index in [2.05, 4.69) is 4.98 Å². The van der Waals surface area contributed by atoms with Crippen LogP contribution in [0.2, 0.25) is 0 Å². The number of nitrogens with zero attached hydrogens (tertiary/aromatic N) is 1. The Balaban J connectivity index is 1.51. The van der Waals surface area contributed by atoms with Crippen molar-refractivity contribution in [3.05, 3.63) is 48.7 Å². The molecule has 0 fully saturated rings. The Morgan fingerprint density at radius 1 is 0.950 bits per heavy atom. The fourth-order valence-electron chi connectivity index (χ4n) is 1.50. The number of hydrogen-bond acceptors (Lipinski definition) is 5. The van der Waals surface area contributed by atoms with Crippen LogP contribution in [0.4, 0.5) is 0 Å². The first-order valence-electron chi connectivity index (χ1n) is 6.38. The molecule has 0 aliphatic carbocycles. The third-order valence-electron chi connectivity index (χ3n) is 2.45. The number of hydrogen-bond donors (Lipinski definition) is 1. The number of thioether (sulfide) groups is 2. The van der Waals surface area contributed by atoms with Crippen molar-refractivity contribution in [3.63, 3.8) is 0 Å². The first-order chi connectivity index (χ1) is 9.84. The van der Waals surface area contributed by atoms with Crippen LogP contribution in [-0.4, -0.2) is 34.8 Å². The lowest BCUT2D eigenvalue weighted by Crippen LogP contribution is -2.01. The van der Waals surface area contributed by atoms with Gasteiger partial charge in [-0.15, -0.1) is 23.5 Å². The maximum absolute atomic E-state index is 9.18. The molecule has 0 radical (unpaired) electrons. The van der Waals surface area contributed by atoms with Crippen LogP contribution in [-0.2, 0) is 4.74 Å². The lowest BCUT2D eigenvalue weighted by atomic mass is 10.3. The van der Waals surface area contributed by atoms with Crippen LogP contribution < -0.4 is 0 Å². The van der Waals surface area contributed by atoms with E-state index in [0.29, 0.717) is 5.75 Å². The van der Waals surface area contributed by atoms with Gasteiger partial charge in [0.15, 0.2) is 0 Å². The zero-order valence-electron chi connectivity index (χ0n) is 11.1. The fraction of sp³-hybridized carbons (Fsp3) is 0.267. The second-order valence-corrected chi connectivity index (χ2v) is 6.25. The molecule has 0 amide bonds. The van der Waals surface area contributed by atoms with Gasteiger partial charge in [0, 0.05) is 22.6 Å². The highest BCUT2D eigenvalue weighted by molar-refractivity contribution is 7.99. The third kappa shape index (κ3) is 5.86. The van der Waals surface area contributed by atoms with Crippen molar-refractivity contribution in [2.24, 2.45) is 0 Å². The molecule has 20 heavy (non-hydrogen) atoms. The minimum Gasteiger partial charge on any atom is -0.508 e. The number of aromatic hydroxyl groups is 1. The summed E-state index contributed by atoms with van der Waals surface area (Å²) in [6.07, 6.45) is 1.80. The Morgan fingerprint density at radius 3 is 2.40 bits per heavy atom. The Bertz CT molecular complexity index is 491. The number of benzene rings is 1. The molecule has 5 heteroatoms. The summed E-state index contributed by atoms with van der Waals surface area (Å²) in [5, 5.41) is 10.2. The van der Waals surface area contributed by atoms with Gasteiger partial charge in [0.05, 0.1) is 18.2 Å². The maximum Gasteiger partial charge on any atom is 0.115 e. The van der Waals surface area contributed by atoms with Gasteiger partial charge in [0.2, 0.25) is 0 Å². The zero-order chi connectivity index (χ0) is 14.0. The summed E-state index contributed by atoms with van der Waals surface area (Å²) in [5.74, 6) is 2.14. The molecule has 0 spiro atoms. The third-order valence-corrected chi connectivity index (χ3v) is 4.33. The normalized spacial score (nSPS) is 10.6. The molecule has 0 atom stereocenters. The molecule has 1 N–H and O–H groups in total. The minimum absolute atomic E-state index is 0.303. The molecule has 1 aromatic heterocycles. The molecule has 2 aromatic rings. The summed E-state index contributed by atoms with van der Waals surface area (Å²) >= 11 is 3.43. The molecule has 0 unspecified atom stereocenters. The summed E-state index contributed by atoms with van der Waals surface area (Å²) < 4.78 is 5.58. The van der Waals surface area contributed by atoms with E-state index in [1.54, 1.807) is 41.9 Å². The second-order valence-electron chi connectivity index (χ2n) is 3.97. The van der Waals surface area contributed by atoms with Crippen molar-refractivity contribution >= 4 is 23.5 Å². The van der Waals surface area contributed by atoms with E-state index in [1.165, 1.54) is 0 Å². The lowest BCUT2D eigenvalue weighted by Gasteiger charge is -2.04. The summed E-state index contributed by atoms with van der Waals surface area (Å²) in [7, 11) is 0. The van der Waals surface area contributed by atoms with Crippen LogP contribution in [0.25, 0.3) is 0 Å². The van der Waals surface area contributed by atoms with Crippen molar-refractivity contribution in [3.8, 4) is 5.75 Å². The van der Waals surface area contributed by atoms with Gasteiger partial charge in [-0.25, -0.2) is 4.98 Å². The Morgan fingerprint density at radius 2 is 1.70 bits per heavy atom. The van der Waals surface area contributed by atoms with Crippen molar-refractivity contribution < 1.29 is 9.84 Å². The SMILES string of the molecule is Oc1ccc(SCCOCCSc2ccccn2)cc1. The van der Waals surface area contributed by atoms with E-state index in [9.17, 15) is 5.11 Å². The predicted molar refractivity (Wildman–Crippen MR) is 84.6 cm³/mol. The Kier molecular flexibility index (Phi) is 6.77. The Hall–Kier alpha value is -1.17. The van der Waals surface area contributed by atoms with Crippen LogP contribution in [0, 0.1) is 0 Å². The highest BCUT2D eigenvalue weighted by atomic mass is 32.2. The molecule has 0 aliphatic rings. The van der Waals surface area contributed by atoms with Gasteiger partial charge < -0.3 is 9.84 Å². The van der Waals surface area contributed by atoms with Gasteiger partial charge in [-0.2, -0.15) is 0 Å². The summed E-state index contributed by atoms with van der Waals surface area (Å²) in [6.45, 7) is 1.46. The van der Waals surface area contributed by atoms with E-state index in [1.807, 2.05) is 30.3 Å². The van der Waals surface area contributed by atoms with E-state index in [0.717, 1.165) is 34.6 Å². The minimum atomic E-state index is 0.303. The van der Waals surface area contributed by atoms with Gasteiger partial charge in [0.25, 0.3) is 0 Å². The van der Waals surface area contributed by atoms with E-state index in [-0.39, 0.29) is 0 Å². The number of rotatable bonds is 8. The molecule has 1 heterocycles. The lowest BCUT2D eigenvalue weighted by molar-refractivity contribution is 0.167. The number of ether oxygens (including phenoxy) is 1. The van der Waals surface area contributed by atoms with Crippen molar-refractivity contribution in [2.75, 3.05) is 24.7 Å². The van der Waals surface area contributed by atoms with Crippen LogP contribution >= 0.6 is 23.5 Å². The first-order valence-corrected chi connectivity index (χ1v) is 8.35. The van der Waals surface area contributed by atoms with Crippen LogP contribution in [0.1, 0.15) is 0 Å². The highest BCUT2D eigenvalue weighted by Gasteiger charge is 1.96. The summed E-state index contributed by atoms with van der Waals surface area (Å²) in [5.41, 5.74) is 0. The van der Waals surface area contributed by atoms with E-state index in [4.69, 9.17) is 4.74 Å². The average molecular weight is 307 g/mol. The van der Waals surface area contributed by atoms with Gasteiger partial charge in [0.1, 0.15) is 5.75 Å². The fourth-order valence-corrected chi connectivity index (χ4v) is 2.99. The van der Waals surface area contributed by atoms with Gasteiger partial charge in [-0.1, -0.05) is 6.07 Å². The molecule has 2 rings (SSSR count). The van der Waals surface area contributed by atoms with Crippen LogP contribution in [0.5, 0.6) is 5.75 Å². The summed E-state index contributed by atoms with van der Waals surface area (Å²) in [6, 6.07) is 13.1. The van der Waals surface area contributed by atoms with Crippen molar-refractivity contribution in [1.82, 2.24) is 4.98 Å². The quantitative estimate of drug-likeness (QED) is 0.595. The van der Waals surface area contributed by atoms with Crippen molar-refractivity contribution in [2.45, 2.75) is 9.92 Å². The van der Waals surface area contributed by atoms with E-state index < -0.39 is 0 Å². The van der Waals surface area contributed by atoms with Gasteiger partial charge >= 0.3 is 0 Å². The Labute approximate surface area is 127 Å². The van der Waals surface area contributed by atoms with Crippen molar-refractivity contribution in [1.29, 1.82) is 0 Å². The molecule has 0 aliphatic heterocycles. The van der Waals surface area contributed by atoms with Gasteiger partial charge in [-0.05, 0) is 36.4 Å². The molecule has 3 nitrogen and oxygen atoms in total. The second kappa shape index (κ2) is 8.89. The van der Waals surface area contributed by atoms with Crippen LogP contribution in [0.3, 0.4) is 0 Å². The summed E-state index contributed by atoms with van der Waals surface area (Å²) in [4.78, 5) is 5.39. The molecule has 1 aromatic carbocycles. The zero-order valence-corrected chi connectivity index (χ0v) is 12.7. The maximum atomic E-state index is 9.18. The van der Waals surface area contributed by atoms with Gasteiger partial charge in [-0.3, -0.25) is 0 Å². The molecular weight excluding hydrogens is 290 g/mol. The predicted octanol–water partition coefficient (Wildman–Crippen LogP) is 3.69. The molecular formula is C15H17NO2S2. The average Bonchev–Trinajstić information content (AvgIpc) is 2.49. The molecule has 0 bridgehead atoms. The standard InChI is InChI=1S/C15H17NO2S2/c17-13-4-6-14(7-5-13)19-11-9-18-10-12-20-15-3-1-2-8-16-15/h1-8,17H,9-12H2. The molecule has 106 valence electrons. The largest absolute Gasteiger partial charge is 0.508 e. The first kappa shape index (κ1) is 15.2. The number of phenols is 1. The molecule has 0 saturated carbocycles. The number of aromatic nitrogens is 1.